The number of benzene rings is 2. The number of amides is 1. The molecule has 90 valence electrons. The number of carbonyl (C=O) groups excluding carboxylic acids is 1. The van der Waals surface area contributed by atoms with E-state index in [9.17, 15) is 4.79 Å². The van der Waals surface area contributed by atoms with Crippen molar-refractivity contribution in [2.75, 3.05) is 0 Å². The van der Waals surface area contributed by atoms with Crippen molar-refractivity contribution < 1.29 is 4.79 Å². The van der Waals surface area contributed by atoms with Gasteiger partial charge in [0.15, 0.2) is 0 Å². The van der Waals surface area contributed by atoms with Crippen LogP contribution in [0.2, 0.25) is 0 Å². The van der Waals surface area contributed by atoms with Crippen molar-refractivity contribution in [2.24, 2.45) is 0 Å². The minimum absolute atomic E-state index is 0.00784. The average molecular weight is 238 g/mol. The van der Waals surface area contributed by atoms with Gasteiger partial charge in [-0.25, -0.2) is 0 Å². The Balaban J connectivity index is 1.95. The zero-order chi connectivity index (χ0) is 12.8. The molecule has 0 unspecified atom stereocenters. The highest BCUT2D eigenvalue weighted by Crippen LogP contribution is 2.01. The largest absolute Gasteiger partial charge is 0.347 e. The van der Waals surface area contributed by atoms with Crippen molar-refractivity contribution in [1.82, 2.24) is 5.32 Å². The van der Waals surface area contributed by atoms with Gasteiger partial charge in [-0.1, -0.05) is 60.7 Å². The Kier molecular flexibility index (Phi) is 3.86. The summed E-state index contributed by atoms with van der Waals surface area (Å²) in [4.78, 5) is 11.8. The van der Waals surface area contributed by atoms with E-state index in [2.05, 4.69) is 5.32 Å². The Bertz CT molecular complexity index is 535. The molecule has 0 bridgehead atoms. The zero-order valence-corrected chi connectivity index (χ0v) is 9.89. The summed E-state index contributed by atoms with van der Waals surface area (Å²) >= 11 is 0. The Morgan fingerprint density at radius 3 is 2.11 bits per heavy atom. The van der Waals surface area contributed by atoms with Gasteiger partial charge in [-0.15, -0.1) is 0 Å². The molecular weight excluding hydrogens is 224 g/mol. The van der Waals surface area contributed by atoms with E-state index < -0.39 is 0 Å². The lowest BCUT2D eigenvalue weighted by molar-refractivity contribution is -0.114. The molecule has 0 spiro atoms. The predicted octanol–water partition coefficient (Wildman–Crippen LogP) is 2.37. The molecule has 0 radical (unpaired) electrons. The molecule has 2 aromatic rings. The van der Waals surface area contributed by atoms with Crippen LogP contribution < -0.4 is 5.32 Å². The third kappa shape index (κ3) is 3.04. The summed E-state index contributed by atoms with van der Waals surface area (Å²) in [5, 5.41) is 10.5. The molecular formula is C15H14N2O. The second-order valence-corrected chi connectivity index (χ2v) is 3.91. The first-order valence-electron chi connectivity index (χ1n) is 5.73. The van der Waals surface area contributed by atoms with Crippen LogP contribution in [-0.4, -0.2) is 11.6 Å². The van der Waals surface area contributed by atoms with E-state index in [1.807, 2.05) is 48.5 Å². The fourth-order valence-corrected chi connectivity index (χ4v) is 1.60. The normalized spacial score (nSPS) is 9.78. The van der Waals surface area contributed by atoms with Crippen LogP contribution in [0.5, 0.6) is 0 Å². The minimum atomic E-state index is -0.356. The molecule has 3 heteroatoms. The van der Waals surface area contributed by atoms with E-state index in [0.717, 1.165) is 5.56 Å². The van der Waals surface area contributed by atoms with Crippen LogP contribution in [-0.2, 0) is 11.3 Å². The number of nitrogens with one attached hydrogen (secondary N) is 2. The topological polar surface area (TPSA) is 53.0 Å². The summed E-state index contributed by atoms with van der Waals surface area (Å²) in [7, 11) is 0. The van der Waals surface area contributed by atoms with Crippen LogP contribution in [0.1, 0.15) is 11.1 Å². The van der Waals surface area contributed by atoms with Gasteiger partial charge in [0.05, 0.1) is 0 Å². The molecule has 3 nitrogen and oxygen atoms in total. The van der Waals surface area contributed by atoms with Gasteiger partial charge in [-0.05, 0) is 5.56 Å². The number of hydrogen-bond acceptors (Lipinski definition) is 2. The number of carbonyl (C=O) groups is 1. The second kappa shape index (κ2) is 5.77. The van der Waals surface area contributed by atoms with E-state index in [0.29, 0.717) is 12.1 Å². The Morgan fingerprint density at radius 1 is 0.944 bits per heavy atom. The molecule has 0 heterocycles. The number of rotatable bonds is 4. The van der Waals surface area contributed by atoms with Crippen molar-refractivity contribution in [3.05, 3.63) is 71.8 Å². The van der Waals surface area contributed by atoms with Crippen LogP contribution in [0.3, 0.4) is 0 Å². The monoisotopic (exact) mass is 238 g/mol. The molecule has 0 aliphatic rings. The smallest absolute Gasteiger partial charge is 0.270 e. The summed E-state index contributed by atoms with van der Waals surface area (Å²) in [6.07, 6.45) is 0. The first-order valence-corrected chi connectivity index (χ1v) is 5.73. The first kappa shape index (κ1) is 12.0. The molecule has 2 aromatic carbocycles. The van der Waals surface area contributed by atoms with Crippen LogP contribution >= 0.6 is 0 Å². The molecule has 0 saturated carbocycles. The van der Waals surface area contributed by atoms with Gasteiger partial charge in [0.1, 0.15) is 5.71 Å². The van der Waals surface area contributed by atoms with Gasteiger partial charge in [0.2, 0.25) is 0 Å². The third-order valence-electron chi connectivity index (χ3n) is 2.59. The van der Waals surface area contributed by atoms with Crippen LogP contribution in [0.4, 0.5) is 0 Å². The Morgan fingerprint density at radius 2 is 1.50 bits per heavy atom. The molecule has 0 fully saturated rings. The van der Waals surface area contributed by atoms with Crippen LogP contribution in [0.15, 0.2) is 60.7 Å². The highest BCUT2D eigenvalue weighted by Gasteiger charge is 2.10. The van der Waals surface area contributed by atoms with Gasteiger partial charge in [-0.3, -0.25) is 10.2 Å². The van der Waals surface area contributed by atoms with Gasteiger partial charge in [0, 0.05) is 12.1 Å². The van der Waals surface area contributed by atoms with Crippen molar-refractivity contribution in [3.63, 3.8) is 0 Å². The lowest BCUT2D eigenvalue weighted by atomic mass is 10.1. The molecule has 0 aliphatic heterocycles. The van der Waals surface area contributed by atoms with E-state index in [4.69, 9.17) is 5.41 Å². The first-order chi connectivity index (χ1) is 8.77. The standard InChI is InChI=1S/C15H14N2O/c16-14(13-9-5-2-6-10-13)15(18)17-11-12-7-3-1-4-8-12/h1-10,16H,11H2,(H,17,18). The van der Waals surface area contributed by atoms with Gasteiger partial charge < -0.3 is 5.32 Å². The highest BCUT2D eigenvalue weighted by molar-refractivity contribution is 6.44. The second-order valence-electron chi connectivity index (χ2n) is 3.91. The van der Waals surface area contributed by atoms with Gasteiger partial charge >= 0.3 is 0 Å². The Labute approximate surface area is 106 Å². The molecule has 1 amide bonds. The van der Waals surface area contributed by atoms with E-state index >= 15 is 0 Å². The predicted molar refractivity (Wildman–Crippen MR) is 71.6 cm³/mol. The molecule has 0 saturated heterocycles. The lowest BCUT2D eigenvalue weighted by Gasteiger charge is -2.06. The zero-order valence-electron chi connectivity index (χ0n) is 9.89. The van der Waals surface area contributed by atoms with Gasteiger partial charge in [-0.2, -0.15) is 0 Å². The van der Waals surface area contributed by atoms with Gasteiger partial charge in [0.25, 0.3) is 5.91 Å². The maximum Gasteiger partial charge on any atom is 0.270 e. The molecule has 18 heavy (non-hydrogen) atoms. The SMILES string of the molecule is N=C(C(=O)NCc1ccccc1)c1ccccc1. The summed E-state index contributed by atoms with van der Waals surface area (Å²) < 4.78 is 0. The fraction of sp³-hybridized carbons (Fsp3) is 0.0667. The average Bonchev–Trinajstić information content (AvgIpc) is 2.46. The van der Waals surface area contributed by atoms with Crippen molar-refractivity contribution in [3.8, 4) is 0 Å². The molecule has 0 aromatic heterocycles. The van der Waals surface area contributed by atoms with E-state index in [-0.39, 0.29) is 11.6 Å². The van der Waals surface area contributed by atoms with Crippen molar-refractivity contribution >= 4 is 11.6 Å². The van der Waals surface area contributed by atoms with E-state index in [1.54, 1.807) is 12.1 Å². The highest BCUT2D eigenvalue weighted by atomic mass is 16.1. The third-order valence-corrected chi connectivity index (χ3v) is 2.59. The molecule has 2 N–H and O–H groups in total. The minimum Gasteiger partial charge on any atom is -0.347 e. The Hall–Kier alpha value is -2.42. The number of hydrogen-bond donors (Lipinski definition) is 2. The van der Waals surface area contributed by atoms with Crippen molar-refractivity contribution in [1.29, 1.82) is 5.41 Å². The van der Waals surface area contributed by atoms with Crippen LogP contribution in [0, 0.1) is 5.41 Å². The molecule has 0 aliphatic carbocycles. The quantitative estimate of drug-likeness (QED) is 0.789. The summed E-state index contributed by atoms with van der Waals surface area (Å²) in [5.74, 6) is -0.356. The summed E-state index contributed by atoms with van der Waals surface area (Å²) in [5.41, 5.74) is 1.64. The van der Waals surface area contributed by atoms with E-state index in [1.165, 1.54) is 0 Å². The summed E-state index contributed by atoms with van der Waals surface area (Å²) in [6.45, 7) is 0.439. The van der Waals surface area contributed by atoms with Crippen molar-refractivity contribution in [2.45, 2.75) is 6.54 Å². The van der Waals surface area contributed by atoms with Crippen LogP contribution in [0.25, 0.3) is 0 Å². The lowest BCUT2D eigenvalue weighted by Crippen LogP contribution is -2.30. The fourth-order valence-electron chi connectivity index (χ4n) is 1.60. The maximum absolute atomic E-state index is 11.8. The molecule has 2 rings (SSSR count). The maximum atomic E-state index is 11.8. The molecule has 0 atom stereocenters. The summed E-state index contributed by atoms with van der Waals surface area (Å²) in [6, 6.07) is 18.6.